The maximum atomic E-state index is 2.59. The second-order valence-corrected chi connectivity index (χ2v) is 19.2. The van der Waals surface area contributed by atoms with E-state index < -0.39 is 16.1 Å². The first kappa shape index (κ1) is 17.9. The molecule has 0 amide bonds. The first-order valence-corrected chi connectivity index (χ1v) is 14.7. The van der Waals surface area contributed by atoms with E-state index in [4.69, 9.17) is 0 Å². The zero-order valence-corrected chi connectivity index (χ0v) is 16.0. The minimum Gasteiger partial charge on any atom is -0.0883 e. The van der Waals surface area contributed by atoms with Gasteiger partial charge in [0.15, 0.2) is 0 Å². The van der Waals surface area contributed by atoms with E-state index in [-0.39, 0.29) is 0 Å². The van der Waals surface area contributed by atoms with E-state index in [0.717, 1.165) is 0 Å². The summed E-state index contributed by atoms with van der Waals surface area (Å²) in [6, 6.07) is 2.73. The van der Waals surface area contributed by atoms with Gasteiger partial charge in [0.25, 0.3) is 0 Å². The fourth-order valence-electron chi connectivity index (χ4n) is 1.94. The SMILES string of the molecule is CC(C)=CCC/C(=C/C[Si](C)(C)C)C[Si](C)(C)C. The maximum absolute atomic E-state index is 2.59. The highest BCUT2D eigenvalue weighted by molar-refractivity contribution is 6.77. The van der Waals surface area contributed by atoms with Crippen LogP contribution in [0.2, 0.25) is 51.4 Å². The third-order valence-corrected chi connectivity index (χ3v) is 5.72. The van der Waals surface area contributed by atoms with Crippen molar-refractivity contribution in [2.75, 3.05) is 0 Å². The molecule has 0 atom stereocenters. The summed E-state index contributed by atoms with van der Waals surface area (Å²) in [6.07, 6.45) is 7.47. The highest BCUT2D eigenvalue weighted by atomic mass is 28.3. The van der Waals surface area contributed by atoms with Gasteiger partial charge in [-0.05, 0) is 38.8 Å². The van der Waals surface area contributed by atoms with Crippen LogP contribution in [0, 0.1) is 0 Å². The van der Waals surface area contributed by atoms with Crippen LogP contribution in [0.3, 0.4) is 0 Å². The van der Waals surface area contributed by atoms with Crippen molar-refractivity contribution >= 4 is 16.1 Å². The standard InChI is InChI=1S/C16H34Si2/c1-15(2)10-9-11-16(14-18(6,7)8)12-13-17(3,4)5/h10,12H,9,11,13-14H2,1-8H3/b16-12-. The summed E-state index contributed by atoms with van der Waals surface area (Å²) in [5.41, 5.74) is 3.18. The summed E-state index contributed by atoms with van der Waals surface area (Å²) in [4.78, 5) is 0. The van der Waals surface area contributed by atoms with Crippen molar-refractivity contribution in [3.63, 3.8) is 0 Å². The molecule has 0 bridgehead atoms. The van der Waals surface area contributed by atoms with Crippen molar-refractivity contribution < 1.29 is 0 Å². The van der Waals surface area contributed by atoms with E-state index in [2.05, 4.69) is 65.3 Å². The lowest BCUT2D eigenvalue weighted by Crippen LogP contribution is -2.21. The van der Waals surface area contributed by atoms with Crippen LogP contribution in [0.15, 0.2) is 23.3 Å². The molecule has 0 aliphatic rings. The van der Waals surface area contributed by atoms with Crippen molar-refractivity contribution in [1.82, 2.24) is 0 Å². The van der Waals surface area contributed by atoms with Gasteiger partial charge in [0, 0.05) is 16.1 Å². The van der Waals surface area contributed by atoms with Gasteiger partial charge in [0.2, 0.25) is 0 Å². The van der Waals surface area contributed by atoms with Gasteiger partial charge in [-0.15, -0.1) is 0 Å². The summed E-state index contributed by atoms with van der Waals surface area (Å²) < 4.78 is 0. The third kappa shape index (κ3) is 12.4. The normalized spacial score (nSPS) is 13.7. The molecule has 0 spiro atoms. The Kier molecular flexibility index (Phi) is 7.45. The summed E-state index contributed by atoms with van der Waals surface area (Å²) in [5, 5.41) is 0. The van der Waals surface area contributed by atoms with Crippen molar-refractivity contribution in [2.45, 2.75) is 78.1 Å². The third-order valence-electron chi connectivity index (χ3n) is 2.78. The molecule has 0 radical (unpaired) electrons. The molecule has 0 aromatic rings. The Balaban J connectivity index is 4.57. The van der Waals surface area contributed by atoms with Gasteiger partial charge in [-0.2, -0.15) is 0 Å². The molecule has 0 nitrogen and oxygen atoms in total. The lowest BCUT2D eigenvalue weighted by Gasteiger charge is -2.20. The molecule has 0 N–H and O–H groups in total. The van der Waals surface area contributed by atoms with Gasteiger partial charge in [-0.1, -0.05) is 62.6 Å². The Morgan fingerprint density at radius 1 is 0.833 bits per heavy atom. The summed E-state index contributed by atoms with van der Waals surface area (Å²) >= 11 is 0. The highest BCUT2D eigenvalue weighted by Crippen LogP contribution is 2.23. The second-order valence-electron chi connectivity index (χ2n) is 8.18. The molecule has 0 aliphatic heterocycles. The summed E-state index contributed by atoms with van der Waals surface area (Å²) in [5.74, 6) is 0. The van der Waals surface area contributed by atoms with Gasteiger partial charge >= 0.3 is 0 Å². The molecule has 106 valence electrons. The number of rotatable bonds is 7. The molecular formula is C16H34Si2. The molecule has 0 rings (SSSR count). The smallest absolute Gasteiger partial charge is 0.0483 e. The number of hydrogen-bond acceptors (Lipinski definition) is 0. The van der Waals surface area contributed by atoms with Crippen LogP contribution in [-0.2, 0) is 0 Å². The van der Waals surface area contributed by atoms with E-state index in [9.17, 15) is 0 Å². The largest absolute Gasteiger partial charge is 0.0883 e. The molecule has 18 heavy (non-hydrogen) atoms. The molecule has 0 aliphatic carbocycles. The number of hydrogen-bond donors (Lipinski definition) is 0. The number of allylic oxidation sites excluding steroid dienone is 4. The Bertz CT molecular complexity index is 294. The summed E-state index contributed by atoms with van der Waals surface area (Å²) in [6.45, 7) is 19.2. The van der Waals surface area contributed by atoms with Crippen molar-refractivity contribution in [2.24, 2.45) is 0 Å². The van der Waals surface area contributed by atoms with Crippen molar-refractivity contribution in [3.8, 4) is 0 Å². The molecule has 2 heteroatoms. The fourth-order valence-corrected chi connectivity index (χ4v) is 4.53. The van der Waals surface area contributed by atoms with E-state index >= 15 is 0 Å². The molecule has 0 fully saturated rings. The minimum absolute atomic E-state index is 0.933. The van der Waals surface area contributed by atoms with Crippen LogP contribution < -0.4 is 0 Å². The van der Waals surface area contributed by atoms with E-state index in [0.29, 0.717) is 0 Å². The molecule has 0 aromatic carbocycles. The van der Waals surface area contributed by atoms with E-state index in [1.807, 2.05) is 0 Å². The molecule has 0 heterocycles. The quantitative estimate of drug-likeness (QED) is 0.378. The van der Waals surface area contributed by atoms with Gasteiger partial charge in [-0.25, -0.2) is 0 Å². The zero-order chi connectivity index (χ0) is 14.4. The van der Waals surface area contributed by atoms with Crippen LogP contribution in [0.1, 0.15) is 26.7 Å². The Labute approximate surface area is 118 Å². The molecule has 0 aromatic heterocycles. The molecular weight excluding hydrogens is 248 g/mol. The lowest BCUT2D eigenvalue weighted by molar-refractivity contribution is 0.954. The predicted octanol–water partition coefficient (Wildman–Crippen LogP) is 6.34. The first-order chi connectivity index (χ1) is 7.99. The monoisotopic (exact) mass is 282 g/mol. The molecule has 0 unspecified atom stereocenters. The van der Waals surface area contributed by atoms with E-state index in [1.165, 1.54) is 30.5 Å². The first-order valence-electron chi connectivity index (χ1n) is 7.31. The minimum atomic E-state index is -0.967. The fraction of sp³-hybridized carbons (Fsp3) is 0.750. The average molecular weight is 283 g/mol. The Morgan fingerprint density at radius 2 is 1.39 bits per heavy atom. The van der Waals surface area contributed by atoms with Crippen LogP contribution >= 0.6 is 0 Å². The van der Waals surface area contributed by atoms with Crippen LogP contribution in [0.4, 0.5) is 0 Å². The summed E-state index contributed by atoms with van der Waals surface area (Å²) in [7, 11) is -1.90. The van der Waals surface area contributed by atoms with Gasteiger partial charge < -0.3 is 0 Å². The maximum Gasteiger partial charge on any atom is 0.0483 e. The van der Waals surface area contributed by atoms with E-state index in [1.54, 1.807) is 5.57 Å². The van der Waals surface area contributed by atoms with Crippen LogP contribution in [0.5, 0.6) is 0 Å². The predicted molar refractivity (Wildman–Crippen MR) is 93.1 cm³/mol. The Hall–Kier alpha value is -0.0862. The van der Waals surface area contributed by atoms with Gasteiger partial charge in [0.05, 0.1) is 0 Å². The average Bonchev–Trinajstić information content (AvgIpc) is 2.09. The highest BCUT2D eigenvalue weighted by Gasteiger charge is 2.17. The van der Waals surface area contributed by atoms with Crippen molar-refractivity contribution in [3.05, 3.63) is 23.3 Å². The van der Waals surface area contributed by atoms with Gasteiger partial charge in [0.1, 0.15) is 0 Å². The van der Waals surface area contributed by atoms with Crippen LogP contribution in [-0.4, -0.2) is 16.1 Å². The molecule has 0 saturated carbocycles. The second kappa shape index (κ2) is 7.49. The lowest BCUT2D eigenvalue weighted by atomic mass is 10.1. The van der Waals surface area contributed by atoms with Crippen molar-refractivity contribution in [1.29, 1.82) is 0 Å². The Morgan fingerprint density at radius 3 is 1.78 bits per heavy atom. The van der Waals surface area contributed by atoms with Crippen LogP contribution in [0.25, 0.3) is 0 Å². The molecule has 0 saturated heterocycles. The topological polar surface area (TPSA) is 0 Å². The zero-order valence-electron chi connectivity index (χ0n) is 14.0. The van der Waals surface area contributed by atoms with Gasteiger partial charge in [-0.3, -0.25) is 0 Å².